The smallest absolute Gasteiger partial charge is 0.394 e. The average Bonchev–Trinajstić information content (AvgIpc) is 3.10. The third kappa shape index (κ3) is 7.68. The summed E-state index contributed by atoms with van der Waals surface area (Å²) in [5, 5.41) is 52.2. The molecule has 3 rings (SSSR count). The molecule has 1 aromatic rings. The molecule has 1 amide bonds. The number of phosphoric acid groups is 1. The number of aliphatic hydroxyl groups is 5. The fraction of sp³-hybridized carbons (Fsp3) is 0.722. The molecule has 11 atom stereocenters. The minimum absolute atomic E-state index is 0.535. The third-order valence-corrected chi connectivity index (χ3v) is 9.02. The number of aliphatic hydroxyl groups excluding tert-OH is 5. The highest BCUT2D eigenvalue weighted by atomic mass is 31.3. The summed E-state index contributed by atoms with van der Waals surface area (Å²) in [6.07, 6.45) is -13.8. The lowest BCUT2D eigenvalue weighted by Crippen LogP contribution is -2.64. The van der Waals surface area contributed by atoms with Crippen LogP contribution in [0, 0.1) is 0 Å². The number of hydrogen-bond donors (Lipinski definition) is 9. The number of phosphoric ester groups is 1. The van der Waals surface area contributed by atoms with Crippen LogP contribution in [0.15, 0.2) is 21.9 Å². The number of ether oxygens (including phenoxy) is 2. The Morgan fingerprint density at radius 2 is 1.72 bits per heavy atom. The van der Waals surface area contributed by atoms with Crippen LogP contribution in [-0.4, -0.2) is 113 Å². The normalized spacial score (nSPS) is 36.2. The maximum atomic E-state index is 12.5. The van der Waals surface area contributed by atoms with Crippen LogP contribution in [0.2, 0.25) is 0 Å². The van der Waals surface area contributed by atoms with Crippen LogP contribution < -0.4 is 16.6 Å². The van der Waals surface area contributed by atoms with Crippen molar-refractivity contribution in [2.45, 2.75) is 68.5 Å². The molecule has 2 aliphatic rings. The summed E-state index contributed by atoms with van der Waals surface area (Å²) in [5.74, 6) is -0.771. The van der Waals surface area contributed by atoms with Crippen molar-refractivity contribution in [1.29, 1.82) is 0 Å². The highest BCUT2D eigenvalue weighted by Gasteiger charge is 2.50. The van der Waals surface area contributed by atoms with Crippen LogP contribution in [0.5, 0.6) is 0 Å². The number of carbonyl (C=O) groups excluding carboxylic acids is 1. The summed E-state index contributed by atoms with van der Waals surface area (Å²) in [7, 11) is -10.5. The van der Waals surface area contributed by atoms with E-state index in [0.717, 1.165) is 23.8 Å². The highest BCUT2D eigenvalue weighted by molar-refractivity contribution is 7.64. The molecule has 0 spiro atoms. The van der Waals surface area contributed by atoms with Crippen LogP contribution in [0.4, 0.5) is 0 Å². The fourth-order valence-corrected chi connectivity index (χ4v) is 6.82. The second-order valence-corrected chi connectivity index (χ2v) is 12.3. The van der Waals surface area contributed by atoms with Gasteiger partial charge in [-0.1, -0.05) is 0 Å². The number of amides is 1. The largest absolute Gasteiger partial charge is 0.481 e. The van der Waals surface area contributed by atoms with E-state index in [1.54, 1.807) is 0 Å². The summed E-state index contributed by atoms with van der Waals surface area (Å²) >= 11 is 0. The van der Waals surface area contributed by atoms with Gasteiger partial charge in [0.15, 0.2) is 12.5 Å². The predicted molar refractivity (Wildman–Crippen MR) is 124 cm³/mol. The van der Waals surface area contributed by atoms with Gasteiger partial charge in [-0.2, -0.15) is 0 Å². The van der Waals surface area contributed by atoms with E-state index in [1.165, 1.54) is 0 Å². The molecule has 0 aromatic carbocycles. The molecule has 19 nitrogen and oxygen atoms in total. The molecule has 1 aromatic heterocycles. The fourth-order valence-electron chi connectivity index (χ4n) is 4.03. The Bertz CT molecular complexity index is 1240. The molecule has 9 N–H and O–H groups in total. The predicted octanol–water partition coefficient (Wildman–Crippen LogP) is -4.19. The first kappa shape index (κ1) is 31.7. The molecule has 0 radical (unpaired) electrons. The van der Waals surface area contributed by atoms with Crippen molar-refractivity contribution in [2.24, 2.45) is 0 Å². The number of H-pyrrole nitrogens is 1. The van der Waals surface area contributed by atoms with Gasteiger partial charge in [0.05, 0.1) is 18.9 Å². The molecule has 0 saturated carbocycles. The first-order valence-electron chi connectivity index (χ1n) is 11.3. The molecule has 3 unspecified atom stereocenters. The van der Waals surface area contributed by atoms with E-state index in [1.807, 2.05) is 4.98 Å². The van der Waals surface area contributed by atoms with Crippen molar-refractivity contribution < 1.29 is 67.6 Å². The Morgan fingerprint density at radius 1 is 1.08 bits per heavy atom. The molecule has 21 heteroatoms. The van der Waals surface area contributed by atoms with E-state index >= 15 is 0 Å². The van der Waals surface area contributed by atoms with Crippen molar-refractivity contribution in [3.8, 4) is 0 Å². The minimum atomic E-state index is -5.50. The van der Waals surface area contributed by atoms with Gasteiger partial charge >= 0.3 is 21.1 Å². The average molecular weight is 605 g/mol. The molecule has 0 bridgehead atoms. The van der Waals surface area contributed by atoms with Gasteiger partial charge in [-0.25, -0.2) is 13.7 Å². The first-order valence-corrected chi connectivity index (χ1v) is 14.6. The lowest BCUT2D eigenvalue weighted by atomic mass is 9.97. The van der Waals surface area contributed by atoms with E-state index in [0.29, 0.717) is 0 Å². The standard InChI is InChI=1S/C18H29N3O16P2/c1-7(23)19-11-14(27)13(26)9(6-22)35-17(11)36-39(32,33)37-38(30,31)5-3-8-12(25)15(28)16(34-8)21-4-2-10(24)20-18(21)29/h2,4,8-9,11-17,22,25-28H,3,5-6H2,1H3,(H,19,23)(H,30,31)(H,32,33)(H,20,24,29)/t8-,9-,11+,12-,13-,14-,15-,16?,17-/m1/s1. The number of nitrogens with one attached hydrogen (secondary N) is 2. The topological polar surface area (TPSA) is 297 Å². The first-order chi connectivity index (χ1) is 18.0. The third-order valence-electron chi connectivity index (χ3n) is 5.88. The Balaban J connectivity index is 1.66. The van der Waals surface area contributed by atoms with Gasteiger partial charge < -0.3 is 50.1 Å². The SMILES string of the molecule is CC(=O)N[C@@H]1[C@@H](OP(=O)(O)OP(=O)(O)CC[C@H]2OC(n3ccc(=O)[nH]c3=O)[C@H](O)[C@@H]2O)O[C@H](CO)[C@@H](O)[C@@H]1O. The summed E-state index contributed by atoms with van der Waals surface area (Å²) in [5.41, 5.74) is -1.69. The molecule has 3 heterocycles. The summed E-state index contributed by atoms with van der Waals surface area (Å²) in [4.78, 5) is 56.8. The Hall–Kier alpha value is -1.83. The zero-order valence-corrected chi connectivity index (χ0v) is 21.9. The Morgan fingerprint density at radius 3 is 2.31 bits per heavy atom. The summed E-state index contributed by atoms with van der Waals surface area (Å²) in [6.45, 7) is 0.140. The lowest BCUT2D eigenvalue weighted by Gasteiger charge is -2.42. The van der Waals surface area contributed by atoms with Gasteiger partial charge in [0.2, 0.25) is 5.91 Å². The Kier molecular flexibility index (Phi) is 10.0. The molecule has 2 fully saturated rings. The second-order valence-electron chi connectivity index (χ2n) is 8.80. The Labute approximate surface area is 218 Å². The number of hydrogen-bond acceptors (Lipinski definition) is 14. The van der Waals surface area contributed by atoms with Crippen LogP contribution in [-0.2, 0) is 32.2 Å². The number of aromatic amines is 1. The molecular formula is C18H29N3O16P2. The van der Waals surface area contributed by atoms with E-state index in [9.17, 15) is 58.8 Å². The van der Waals surface area contributed by atoms with Gasteiger partial charge in [0.1, 0.15) is 36.6 Å². The molecule has 39 heavy (non-hydrogen) atoms. The van der Waals surface area contributed by atoms with Crippen LogP contribution >= 0.6 is 15.4 Å². The van der Waals surface area contributed by atoms with E-state index in [-0.39, 0.29) is 0 Å². The molecule has 222 valence electrons. The minimum Gasteiger partial charge on any atom is -0.394 e. The zero-order chi connectivity index (χ0) is 29.3. The lowest BCUT2D eigenvalue weighted by molar-refractivity contribution is -0.247. The van der Waals surface area contributed by atoms with Crippen molar-refractivity contribution in [2.75, 3.05) is 12.8 Å². The molecule has 2 aliphatic heterocycles. The molecule has 2 saturated heterocycles. The van der Waals surface area contributed by atoms with Gasteiger partial charge in [-0.05, 0) is 6.42 Å². The van der Waals surface area contributed by atoms with Gasteiger partial charge in [-0.3, -0.25) is 28.2 Å². The number of nitrogens with zero attached hydrogens (tertiary/aromatic N) is 1. The zero-order valence-electron chi connectivity index (χ0n) is 20.1. The van der Waals surface area contributed by atoms with E-state index in [2.05, 4.69) is 9.63 Å². The van der Waals surface area contributed by atoms with Crippen LogP contribution in [0.25, 0.3) is 0 Å². The molecular weight excluding hydrogens is 576 g/mol. The quantitative estimate of drug-likeness (QED) is 0.114. The van der Waals surface area contributed by atoms with Crippen molar-refractivity contribution in [3.05, 3.63) is 33.1 Å². The van der Waals surface area contributed by atoms with E-state index in [4.69, 9.17) is 14.0 Å². The number of rotatable bonds is 10. The summed E-state index contributed by atoms with van der Waals surface area (Å²) < 4.78 is 45.5. The second kappa shape index (κ2) is 12.4. The number of carbonyl (C=O) groups is 1. The monoisotopic (exact) mass is 605 g/mol. The maximum Gasteiger partial charge on any atom is 0.481 e. The van der Waals surface area contributed by atoms with Gasteiger partial charge in [-0.15, -0.1) is 0 Å². The van der Waals surface area contributed by atoms with Gasteiger partial charge in [0.25, 0.3) is 5.56 Å². The summed E-state index contributed by atoms with van der Waals surface area (Å²) in [6, 6.07) is -0.694. The van der Waals surface area contributed by atoms with Gasteiger partial charge in [0, 0.05) is 19.2 Å². The van der Waals surface area contributed by atoms with Crippen molar-refractivity contribution >= 4 is 21.3 Å². The maximum absolute atomic E-state index is 12.5. The van der Waals surface area contributed by atoms with Crippen molar-refractivity contribution in [1.82, 2.24) is 14.9 Å². The van der Waals surface area contributed by atoms with Crippen LogP contribution in [0.1, 0.15) is 19.6 Å². The number of aromatic nitrogens is 2. The highest BCUT2D eigenvalue weighted by Crippen LogP contribution is 2.61. The molecule has 0 aliphatic carbocycles. The van der Waals surface area contributed by atoms with Crippen LogP contribution in [0.3, 0.4) is 0 Å². The van der Waals surface area contributed by atoms with E-state index < -0.39 is 107 Å². The van der Waals surface area contributed by atoms with Crippen molar-refractivity contribution in [3.63, 3.8) is 0 Å².